The van der Waals surface area contributed by atoms with Crippen LogP contribution >= 0.6 is 0 Å². The highest BCUT2D eigenvalue weighted by atomic mass is 16.5. The molecule has 4 aromatic rings. The fourth-order valence-electron chi connectivity index (χ4n) is 3.31. The van der Waals surface area contributed by atoms with Crippen molar-refractivity contribution in [3.63, 3.8) is 0 Å². The number of carbonyl (C=O) groups excluding carboxylic acids is 1. The lowest BCUT2D eigenvalue weighted by atomic mass is 10.1. The first-order valence-corrected chi connectivity index (χ1v) is 9.55. The molecule has 4 aromatic carbocycles. The summed E-state index contributed by atoms with van der Waals surface area (Å²) in [5.74, 6) is 0.309. The molecule has 0 unspecified atom stereocenters. The number of primary amides is 1. The van der Waals surface area contributed by atoms with Crippen LogP contribution in [0.2, 0.25) is 0 Å². The van der Waals surface area contributed by atoms with E-state index < -0.39 is 5.91 Å². The van der Waals surface area contributed by atoms with Crippen molar-refractivity contribution in [3.05, 3.63) is 102 Å². The molecule has 0 aromatic heterocycles. The zero-order valence-electron chi connectivity index (χ0n) is 16.0. The van der Waals surface area contributed by atoms with Crippen molar-refractivity contribution in [2.24, 2.45) is 5.73 Å². The Morgan fingerprint density at radius 2 is 1.62 bits per heavy atom. The Morgan fingerprint density at radius 3 is 2.48 bits per heavy atom. The van der Waals surface area contributed by atoms with Crippen LogP contribution in [0.1, 0.15) is 15.9 Å². The smallest absolute Gasteiger partial charge is 0.250 e. The SMILES string of the molecule is NC(=O)c1ccccc1Nc1cccc(OCCc2ccc3ccccc3c2)c1. The number of anilines is 2. The maximum atomic E-state index is 11.6. The Bertz CT molecular complexity index is 1150. The van der Waals surface area contributed by atoms with Crippen LogP contribution in [0.25, 0.3) is 10.8 Å². The maximum Gasteiger partial charge on any atom is 0.250 e. The molecule has 0 saturated carbocycles. The van der Waals surface area contributed by atoms with Gasteiger partial charge in [0.25, 0.3) is 5.91 Å². The van der Waals surface area contributed by atoms with E-state index >= 15 is 0 Å². The van der Waals surface area contributed by atoms with Gasteiger partial charge in [-0.15, -0.1) is 0 Å². The molecule has 29 heavy (non-hydrogen) atoms. The van der Waals surface area contributed by atoms with Gasteiger partial charge in [0.2, 0.25) is 0 Å². The average molecular weight is 382 g/mol. The predicted molar refractivity (Wildman–Crippen MR) is 118 cm³/mol. The van der Waals surface area contributed by atoms with Crippen LogP contribution in [0, 0.1) is 0 Å². The van der Waals surface area contributed by atoms with Crippen molar-refractivity contribution >= 4 is 28.1 Å². The number of nitrogens with two attached hydrogens (primary N) is 1. The standard InChI is InChI=1S/C25H22N2O2/c26-25(28)23-10-3-4-11-24(23)27-21-8-5-9-22(17-21)29-15-14-18-12-13-19-6-1-2-7-20(19)16-18/h1-13,16-17,27H,14-15H2,(H2,26,28). The highest BCUT2D eigenvalue weighted by molar-refractivity contribution is 5.99. The number of para-hydroxylation sites is 1. The molecule has 4 heteroatoms. The zero-order valence-corrected chi connectivity index (χ0v) is 16.0. The molecule has 0 spiro atoms. The average Bonchev–Trinajstić information content (AvgIpc) is 2.74. The molecule has 0 aliphatic carbocycles. The van der Waals surface area contributed by atoms with Crippen LogP contribution in [0.15, 0.2) is 91.0 Å². The lowest BCUT2D eigenvalue weighted by Gasteiger charge is -2.12. The summed E-state index contributed by atoms with van der Waals surface area (Å²) < 4.78 is 5.95. The van der Waals surface area contributed by atoms with Gasteiger partial charge < -0.3 is 15.8 Å². The molecule has 0 aliphatic rings. The van der Waals surface area contributed by atoms with Gasteiger partial charge in [-0.05, 0) is 40.6 Å². The van der Waals surface area contributed by atoms with Crippen molar-refractivity contribution < 1.29 is 9.53 Å². The number of nitrogens with one attached hydrogen (secondary N) is 1. The Morgan fingerprint density at radius 1 is 0.828 bits per heavy atom. The second-order valence-electron chi connectivity index (χ2n) is 6.84. The molecule has 4 rings (SSSR count). The molecule has 3 N–H and O–H groups in total. The van der Waals surface area contributed by atoms with Gasteiger partial charge in [0, 0.05) is 18.2 Å². The molecule has 0 aliphatic heterocycles. The maximum absolute atomic E-state index is 11.6. The van der Waals surface area contributed by atoms with E-state index in [0.717, 1.165) is 17.9 Å². The summed E-state index contributed by atoms with van der Waals surface area (Å²) in [6.45, 7) is 0.583. The predicted octanol–water partition coefficient (Wildman–Crippen LogP) is 5.30. The van der Waals surface area contributed by atoms with Gasteiger partial charge in [0.1, 0.15) is 5.75 Å². The summed E-state index contributed by atoms with van der Waals surface area (Å²) in [5, 5.41) is 5.72. The molecule has 0 radical (unpaired) electrons. The fourth-order valence-corrected chi connectivity index (χ4v) is 3.31. The number of ether oxygens (including phenoxy) is 1. The van der Waals surface area contributed by atoms with Gasteiger partial charge in [-0.25, -0.2) is 0 Å². The van der Waals surface area contributed by atoms with Gasteiger partial charge in [-0.2, -0.15) is 0 Å². The molecular weight excluding hydrogens is 360 g/mol. The number of benzene rings is 4. The van der Waals surface area contributed by atoms with Crippen molar-refractivity contribution in [1.29, 1.82) is 0 Å². The fraction of sp³-hybridized carbons (Fsp3) is 0.0800. The third-order valence-electron chi connectivity index (χ3n) is 4.78. The van der Waals surface area contributed by atoms with Gasteiger partial charge >= 0.3 is 0 Å². The Kier molecular flexibility index (Phi) is 5.43. The Hall–Kier alpha value is -3.79. The summed E-state index contributed by atoms with van der Waals surface area (Å²) in [7, 11) is 0. The first-order valence-electron chi connectivity index (χ1n) is 9.55. The molecule has 144 valence electrons. The topological polar surface area (TPSA) is 64.4 Å². The minimum absolute atomic E-state index is 0.454. The molecule has 0 fully saturated rings. The molecule has 1 amide bonds. The summed E-state index contributed by atoms with van der Waals surface area (Å²) in [6.07, 6.45) is 0.826. The van der Waals surface area contributed by atoms with Gasteiger partial charge in [0.15, 0.2) is 0 Å². The van der Waals surface area contributed by atoms with E-state index in [4.69, 9.17) is 10.5 Å². The van der Waals surface area contributed by atoms with Crippen LogP contribution in [-0.4, -0.2) is 12.5 Å². The van der Waals surface area contributed by atoms with Crippen molar-refractivity contribution in [2.75, 3.05) is 11.9 Å². The monoisotopic (exact) mass is 382 g/mol. The molecule has 0 heterocycles. The summed E-state index contributed by atoms with van der Waals surface area (Å²) >= 11 is 0. The van der Waals surface area contributed by atoms with Crippen LogP contribution in [0.4, 0.5) is 11.4 Å². The molecule has 0 atom stereocenters. The second kappa shape index (κ2) is 8.48. The highest BCUT2D eigenvalue weighted by Crippen LogP contribution is 2.24. The minimum Gasteiger partial charge on any atom is -0.493 e. The number of hydrogen-bond donors (Lipinski definition) is 2. The lowest BCUT2D eigenvalue weighted by Crippen LogP contribution is -2.13. The van der Waals surface area contributed by atoms with E-state index in [2.05, 4.69) is 41.7 Å². The normalized spacial score (nSPS) is 10.6. The molecule has 0 bridgehead atoms. The Labute approximate surface area is 169 Å². The van der Waals surface area contributed by atoms with Crippen LogP contribution in [0.5, 0.6) is 5.75 Å². The van der Waals surface area contributed by atoms with Crippen molar-refractivity contribution in [1.82, 2.24) is 0 Å². The van der Waals surface area contributed by atoms with Crippen molar-refractivity contribution in [3.8, 4) is 5.75 Å². The van der Waals surface area contributed by atoms with E-state index in [0.29, 0.717) is 17.9 Å². The highest BCUT2D eigenvalue weighted by Gasteiger charge is 2.07. The molecular formula is C25H22N2O2. The van der Waals surface area contributed by atoms with Gasteiger partial charge in [-0.1, -0.05) is 60.7 Å². The number of fused-ring (bicyclic) bond motifs is 1. The number of hydrogen-bond acceptors (Lipinski definition) is 3. The van der Waals surface area contributed by atoms with E-state index in [9.17, 15) is 4.79 Å². The van der Waals surface area contributed by atoms with E-state index in [1.165, 1.54) is 16.3 Å². The lowest BCUT2D eigenvalue weighted by molar-refractivity contribution is 0.100. The first kappa shape index (κ1) is 18.6. The first-order chi connectivity index (χ1) is 14.2. The van der Waals surface area contributed by atoms with Crippen LogP contribution < -0.4 is 15.8 Å². The summed E-state index contributed by atoms with van der Waals surface area (Å²) in [6, 6.07) is 29.7. The number of amides is 1. The number of carbonyl (C=O) groups is 1. The third kappa shape index (κ3) is 4.55. The zero-order chi connectivity index (χ0) is 20.1. The number of rotatable bonds is 7. The van der Waals surface area contributed by atoms with E-state index in [1.807, 2.05) is 42.5 Å². The molecule has 4 nitrogen and oxygen atoms in total. The van der Waals surface area contributed by atoms with Gasteiger partial charge in [0.05, 0.1) is 17.9 Å². The second-order valence-corrected chi connectivity index (χ2v) is 6.84. The van der Waals surface area contributed by atoms with E-state index in [1.54, 1.807) is 12.1 Å². The summed E-state index contributed by atoms with van der Waals surface area (Å²) in [4.78, 5) is 11.6. The molecule has 0 saturated heterocycles. The van der Waals surface area contributed by atoms with E-state index in [-0.39, 0.29) is 0 Å². The summed E-state index contributed by atoms with van der Waals surface area (Å²) in [5.41, 5.74) is 8.66. The van der Waals surface area contributed by atoms with Gasteiger partial charge in [-0.3, -0.25) is 4.79 Å². The largest absolute Gasteiger partial charge is 0.493 e. The van der Waals surface area contributed by atoms with Crippen LogP contribution in [-0.2, 0) is 6.42 Å². The van der Waals surface area contributed by atoms with Crippen molar-refractivity contribution in [2.45, 2.75) is 6.42 Å². The minimum atomic E-state index is -0.462. The van der Waals surface area contributed by atoms with Crippen LogP contribution in [0.3, 0.4) is 0 Å². The quantitative estimate of drug-likeness (QED) is 0.456. The Balaban J connectivity index is 1.40. The third-order valence-corrected chi connectivity index (χ3v) is 4.78.